The molecule has 0 amide bonds. The number of benzene rings is 2. The number of sulfonamides is 1. The second kappa shape index (κ2) is 7.90. The van der Waals surface area contributed by atoms with Crippen LogP contribution in [0.15, 0.2) is 66.7 Å². The van der Waals surface area contributed by atoms with Crippen LogP contribution in [-0.4, -0.2) is 14.2 Å². The lowest BCUT2D eigenvalue weighted by molar-refractivity contribution is 0.104. The molecule has 0 saturated carbocycles. The number of carbonyl (C=O) groups excluding carboxylic acids is 1. The minimum atomic E-state index is -3.56. The quantitative estimate of drug-likeness (QED) is 0.626. The van der Waals surface area contributed by atoms with Gasteiger partial charge in [-0.15, -0.1) is 11.3 Å². The molecule has 26 heavy (non-hydrogen) atoms. The third-order valence-corrected chi connectivity index (χ3v) is 6.04. The monoisotopic (exact) mass is 389 g/mol. The number of rotatable bonds is 7. The molecule has 0 radical (unpaired) electrons. The van der Waals surface area contributed by atoms with Gasteiger partial charge in [-0.1, -0.05) is 42.5 Å². The maximum atomic E-state index is 12.9. The summed E-state index contributed by atoms with van der Waals surface area (Å²) in [7, 11) is -3.56. The van der Waals surface area contributed by atoms with Gasteiger partial charge in [0.15, 0.2) is 0 Å². The molecule has 0 spiro atoms. The van der Waals surface area contributed by atoms with E-state index in [-0.39, 0.29) is 18.1 Å². The van der Waals surface area contributed by atoms with Crippen LogP contribution in [0.3, 0.4) is 0 Å². The number of hydrogen-bond acceptors (Lipinski definition) is 4. The van der Waals surface area contributed by atoms with Gasteiger partial charge in [0.2, 0.25) is 15.8 Å². The minimum absolute atomic E-state index is 0.0870. The van der Waals surface area contributed by atoms with E-state index in [0.29, 0.717) is 16.0 Å². The Bertz CT molecular complexity index is 997. The van der Waals surface area contributed by atoms with E-state index in [2.05, 4.69) is 4.72 Å². The molecule has 2 aromatic carbocycles. The number of hydrogen-bond donors (Lipinski definition) is 1. The Hall–Kier alpha value is -2.35. The lowest BCUT2D eigenvalue weighted by Gasteiger charge is -2.05. The highest BCUT2D eigenvalue weighted by molar-refractivity contribution is 7.88. The van der Waals surface area contributed by atoms with Crippen LogP contribution in [0.4, 0.5) is 4.39 Å². The second-order valence-corrected chi connectivity index (χ2v) is 8.64. The van der Waals surface area contributed by atoms with E-state index in [1.807, 2.05) is 6.07 Å². The molecule has 0 atom stereocenters. The van der Waals surface area contributed by atoms with Crippen molar-refractivity contribution in [2.75, 3.05) is 0 Å². The molecule has 7 heteroatoms. The SMILES string of the molecule is O=C(c1ccccc1)c1ccc(CNS(=O)(=O)Cc2ccc(F)cc2)s1. The molecule has 4 nitrogen and oxygen atoms in total. The second-order valence-electron chi connectivity index (χ2n) is 5.67. The molecular weight excluding hydrogens is 373 g/mol. The summed E-state index contributed by atoms with van der Waals surface area (Å²) in [5, 5.41) is 0. The molecule has 1 N–H and O–H groups in total. The summed E-state index contributed by atoms with van der Waals surface area (Å²) in [5.41, 5.74) is 1.10. The molecule has 0 fully saturated rings. The fraction of sp³-hybridized carbons (Fsp3) is 0.105. The summed E-state index contributed by atoms with van der Waals surface area (Å²) in [6.07, 6.45) is 0. The first-order valence-corrected chi connectivity index (χ1v) is 10.3. The maximum absolute atomic E-state index is 12.9. The van der Waals surface area contributed by atoms with Crippen molar-refractivity contribution in [3.63, 3.8) is 0 Å². The van der Waals surface area contributed by atoms with Crippen molar-refractivity contribution < 1.29 is 17.6 Å². The van der Waals surface area contributed by atoms with Crippen molar-refractivity contribution in [2.45, 2.75) is 12.3 Å². The van der Waals surface area contributed by atoms with Crippen LogP contribution < -0.4 is 4.72 Å². The lowest BCUT2D eigenvalue weighted by Crippen LogP contribution is -2.24. The molecule has 0 aliphatic heterocycles. The molecule has 3 rings (SSSR count). The molecule has 0 aliphatic carbocycles. The molecule has 1 aromatic heterocycles. The summed E-state index contributed by atoms with van der Waals surface area (Å²) in [4.78, 5) is 13.7. The standard InChI is InChI=1S/C19H16FNO3S2/c20-16-8-6-14(7-9-16)13-26(23,24)21-12-17-10-11-18(25-17)19(22)15-4-2-1-3-5-15/h1-11,21H,12-13H2. The fourth-order valence-corrected chi connectivity index (χ4v) is 4.47. The zero-order valence-corrected chi connectivity index (χ0v) is 15.3. The van der Waals surface area contributed by atoms with Gasteiger partial charge in [0.05, 0.1) is 10.6 Å². The first-order chi connectivity index (χ1) is 12.4. The largest absolute Gasteiger partial charge is 0.288 e. The van der Waals surface area contributed by atoms with Gasteiger partial charge in [0.25, 0.3) is 0 Å². The van der Waals surface area contributed by atoms with Gasteiger partial charge in [-0.2, -0.15) is 0 Å². The molecule has 134 valence electrons. The van der Waals surface area contributed by atoms with E-state index in [4.69, 9.17) is 0 Å². The topological polar surface area (TPSA) is 63.2 Å². The predicted octanol–water partition coefficient (Wildman–Crippen LogP) is 3.74. The molecule has 0 saturated heterocycles. The number of thiophene rings is 1. The minimum Gasteiger partial charge on any atom is -0.288 e. The van der Waals surface area contributed by atoms with Gasteiger partial charge in [-0.05, 0) is 29.8 Å². The van der Waals surface area contributed by atoms with Crippen LogP contribution >= 0.6 is 11.3 Å². The maximum Gasteiger partial charge on any atom is 0.216 e. The molecule has 0 unspecified atom stereocenters. The summed E-state index contributed by atoms with van der Waals surface area (Å²) in [5.74, 6) is -0.724. The normalized spacial score (nSPS) is 11.4. The Kier molecular flexibility index (Phi) is 5.61. The highest BCUT2D eigenvalue weighted by Gasteiger charge is 2.14. The predicted molar refractivity (Wildman–Crippen MR) is 100 cm³/mol. The molecule has 1 heterocycles. The smallest absolute Gasteiger partial charge is 0.216 e. The Morgan fingerprint density at radius 3 is 2.35 bits per heavy atom. The zero-order chi connectivity index (χ0) is 18.6. The van der Waals surface area contributed by atoms with Crippen LogP contribution in [0.25, 0.3) is 0 Å². The van der Waals surface area contributed by atoms with Crippen LogP contribution in [0, 0.1) is 5.82 Å². The number of halogens is 1. The van der Waals surface area contributed by atoms with Gasteiger partial charge >= 0.3 is 0 Å². The van der Waals surface area contributed by atoms with Gasteiger partial charge in [-0.3, -0.25) is 4.79 Å². The Balaban J connectivity index is 1.62. The fourth-order valence-electron chi connectivity index (χ4n) is 2.36. The summed E-state index contributed by atoms with van der Waals surface area (Å²) in [6, 6.07) is 17.7. The number of nitrogens with one attached hydrogen (secondary N) is 1. The van der Waals surface area contributed by atoms with E-state index < -0.39 is 15.8 Å². The average molecular weight is 389 g/mol. The highest BCUT2D eigenvalue weighted by atomic mass is 32.2. The Morgan fingerprint density at radius 2 is 1.65 bits per heavy atom. The van der Waals surface area contributed by atoms with Gasteiger partial charge < -0.3 is 0 Å². The lowest BCUT2D eigenvalue weighted by atomic mass is 10.1. The number of carbonyl (C=O) groups is 1. The molecule has 3 aromatic rings. The number of ketones is 1. The summed E-state index contributed by atoms with van der Waals surface area (Å²) >= 11 is 1.26. The molecule has 0 aliphatic rings. The Labute approximate surface area is 155 Å². The van der Waals surface area contributed by atoms with Crippen molar-refractivity contribution in [3.05, 3.63) is 93.4 Å². The van der Waals surface area contributed by atoms with E-state index in [0.717, 1.165) is 4.88 Å². The first kappa shape index (κ1) is 18.4. The van der Waals surface area contributed by atoms with Crippen molar-refractivity contribution in [1.29, 1.82) is 0 Å². The van der Waals surface area contributed by atoms with Crippen molar-refractivity contribution in [1.82, 2.24) is 4.72 Å². The summed E-state index contributed by atoms with van der Waals surface area (Å²) < 4.78 is 39.7. The van der Waals surface area contributed by atoms with Crippen molar-refractivity contribution >= 4 is 27.1 Å². The van der Waals surface area contributed by atoms with Crippen molar-refractivity contribution in [2.24, 2.45) is 0 Å². The summed E-state index contributed by atoms with van der Waals surface area (Å²) in [6.45, 7) is 0.107. The molecule has 0 bridgehead atoms. The first-order valence-electron chi connectivity index (χ1n) is 7.83. The van der Waals surface area contributed by atoms with Gasteiger partial charge in [0, 0.05) is 17.0 Å². The highest BCUT2D eigenvalue weighted by Crippen LogP contribution is 2.20. The van der Waals surface area contributed by atoms with Crippen LogP contribution in [0.2, 0.25) is 0 Å². The molecular formula is C19H16FNO3S2. The third kappa shape index (κ3) is 4.85. The van der Waals surface area contributed by atoms with E-state index in [1.165, 1.54) is 35.6 Å². The van der Waals surface area contributed by atoms with Crippen LogP contribution in [-0.2, 0) is 22.3 Å². The van der Waals surface area contributed by atoms with Crippen molar-refractivity contribution in [3.8, 4) is 0 Å². The third-order valence-electron chi connectivity index (χ3n) is 3.66. The van der Waals surface area contributed by atoms with Crippen LogP contribution in [0.5, 0.6) is 0 Å². The van der Waals surface area contributed by atoms with E-state index in [9.17, 15) is 17.6 Å². The van der Waals surface area contributed by atoms with Gasteiger partial charge in [0.1, 0.15) is 5.82 Å². The van der Waals surface area contributed by atoms with Crippen LogP contribution in [0.1, 0.15) is 25.7 Å². The Morgan fingerprint density at radius 1 is 0.962 bits per heavy atom. The van der Waals surface area contributed by atoms with Gasteiger partial charge in [-0.25, -0.2) is 17.5 Å². The average Bonchev–Trinajstić information content (AvgIpc) is 3.11. The van der Waals surface area contributed by atoms with E-state index >= 15 is 0 Å². The van der Waals surface area contributed by atoms with E-state index in [1.54, 1.807) is 36.4 Å². The zero-order valence-electron chi connectivity index (χ0n) is 13.7.